The van der Waals surface area contributed by atoms with Gasteiger partial charge in [-0.15, -0.1) is 0 Å². The van der Waals surface area contributed by atoms with Crippen LogP contribution in [0.15, 0.2) is 12.4 Å². The van der Waals surface area contributed by atoms with Crippen LogP contribution in [0.5, 0.6) is 0 Å². The van der Waals surface area contributed by atoms with Gasteiger partial charge in [-0.1, -0.05) is 0 Å². The fourth-order valence-corrected chi connectivity index (χ4v) is 3.95. The number of fused-ring (bicyclic) bond motifs is 1. The molecule has 6 heteroatoms. The van der Waals surface area contributed by atoms with Gasteiger partial charge in [-0.05, 0) is 51.2 Å². The minimum atomic E-state index is -0.0269. The number of hydrogen-bond donors (Lipinski definition) is 1. The summed E-state index contributed by atoms with van der Waals surface area (Å²) in [5, 5.41) is 4.67. The quantitative estimate of drug-likeness (QED) is 0.914. The van der Waals surface area contributed by atoms with E-state index in [1.807, 2.05) is 6.92 Å². The molecule has 0 aliphatic carbocycles. The maximum Gasteiger partial charge on any atom is 0.165 e. The minimum absolute atomic E-state index is 0.0269. The first-order valence-electron chi connectivity index (χ1n) is 8.72. The lowest BCUT2D eigenvalue weighted by molar-refractivity contribution is -0.135. The summed E-state index contributed by atoms with van der Waals surface area (Å²) >= 11 is 0. The molecule has 4 rings (SSSR count). The van der Waals surface area contributed by atoms with E-state index in [0.29, 0.717) is 6.04 Å². The third kappa shape index (κ3) is 2.96. The van der Waals surface area contributed by atoms with E-state index < -0.39 is 0 Å². The number of pyridine rings is 1. The highest BCUT2D eigenvalue weighted by atomic mass is 16.5. The third-order valence-corrected chi connectivity index (χ3v) is 5.17. The molecule has 2 aliphatic heterocycles. The fraction of sp³-hybridized carbons (Fsp3) is 0.611. The topological polar surface area (TPSA) is 69.2 Å². The first-order chi connectivity index (χ1) is 11.7. The summed E-state index contributed by atoms with van der Waals surface area (Å²) in [5.74, 6) is 0.888. The molecule has 2 aromatic rings. The number of nitrogens with zero attached hydrogens (tertiary/aromatic N) is 3. The third-order valence-electron chi connectivity index (χ3n) is 5.17. The predicted molar refractivity (Wildman–Crippen MR) is 92.2 cm³/mol. The van der Waals surface area contributed by atoms with Gasteiger partial charge in [0.2, 0.25) is 0 Å². The minimum Gasteiger partial charge on any atom is -0.381 e. The van der Waals surface area contributed by atoms with Gasteiger partial charge >= 0.3 is 0 Å². The van der Waals surface area contributed by atoms with Crippen molar-refractivity contribution >= 4 is 16.9 Å². The Balaban J connectivity index is 1.60. The van der Waals surface area contributed by atoms with E-state index in [-0.39, 0.29) is 5.60 Å². The van der Waals surface area contributed by atoms with Crippen molar-refractivity contribution in [3.63, 3.8) is 0 Å². The molecule has 1 spiro atoms. The molecule has 0 bridgehead atoms. The lowest BCUT2D eigenvalue weighted by Gasteiger charge is -2.43. The first-order valence-corrected chi connectivity index (χ1v) is 8.72. The molecular weight excluding hydrogens is 304 g/mol. The van der Waals surface area contributed by atoms with Crippen molar-refractivity contribution in [1.82, 2.24) is 15.0 Å². The van der Waals surface area contributed by atoms with E-state index in [9.17, 15) is 0 Å². The van der Waals surface area contributed by atoms with Gasteiger partial charge in [0.25, 0.3) is 0 Å². The van der Waals surface area contributed by atoms with E-state index in [0.717, 1.165) is 73.6 Å². The highest BCUT2D eigenvalue weighted by Crippen LogP contribution is 2.35. The van der Waals surface area contributed by atoms with Crippen molar-refractivity contribution in [1.29, 1.82) is 0 Å². The largest absolute Gasteiger partial charge is 0.381 e. The second kappa shape index (κ2) is 6.26. The normalized spacial score (nSPS) is 23.5. The van der Waals surface area contributed by atoms with Crippen LogP contribution < -0.4 is 5.32 Å². The van der Waals surface area contributed by atoms with Gasteiger partial charge in [0.1, 0.15) is 12.1 Å². The summed E-state index contributed by atoms with van der Waals surface area (Å²) in [6, 6.07) is 2.44. The summed E-state index contributed by atoms with van der Waals surface area (Å²) in [7, 11) is 0. The van der Waals surface area contributed by atoms with Crippen molar-refractivity contribution in [3.05, 3.63) is 23.7 Å². The Hall–Kier alpha value is -1.79. The molecule has 0 saturated carbocycles. The molecule has 2 aromatic heterocycles. The highest BCUT2D eigenvalue weighted by Gasteiger charge is 2.39. The highest BCUT2D eigenvalue weighted by molar-refractivity contribution is 5.89. The van der Waals surface area contributed by atoms with Crippen LogP contribution in [-0.2, 0) is 9.47 Å². The van der Waals surface area contributed by atoms with Crippen LogP contribution in [0, 0.1) is 13.8 Å². The number of aromatic nitrogens is 3. The van der Waals surface area contributed by atoms with E-state index in [2.05, 4.69) is 33.3 Å². The van der Waals surface area contributed by atoms with E-state index in [1.54, 1.807) is 6.33 Å². The van der Waals surface area contributed by atoms with Crippen molar-refractivity contribution in [2.45, 2.75) is 51.2 Å². The predicted octanol–water partition coefficient (Wildman–Crippen LogP) is 2.78. The summed E-state index contributed by atoms with van der Waals surface area (Å²) < 4.78 is 11.6. The average Bonchev–Trinajstić information content (AvgIpc) is 2.55. The van der Waals surface area contributed by atoms with Gasteiger partial charge in [-0.25, -0.2) is 15.0 Å². The van der Waals surface area contributed by atoms with Crippen LogP contribution >= 0.6 is 0 Å². The van der Waals surface area contributed by atoms with Crippen molar-refractivity contribution < 1.29 is 9.47 Å². The van der Waals surface area contributed by atoms with E-state index in [1.165, 1.54) is 0 Å². The fourth-order valence-electron chi connectivity index (χ4n) is 3.95. The lowest BCUT2D eigenvalue weighted by Crippen LogP contribution is -2.47. The molecule has 1 atom stereocenters. The van der Waals surface area contributed by atoms with Gasteiger partial charge in [-0.3, -0.25) is 0 Å². The van der Waals surface area contributed by atoms with Crippen LogP contribution in [0.4, 0.5) is 5.82 Å². The average molecular weight is 328 g/mol. The number of anilines is 1. The number of aryl methyl sites for hydroxylation is 2. The Morgan fingerprint density at radius 3 is 2.83 bits per heavy atom. The molecule has 2 fully saturated rings. The lowest BCUT2D eigenvalue weighted by atomic mass is 9.84. The Morgan fingerprint density at radius 2 is 2.00 bits per heavy atom. The van der Waals surface area contributed by atoms with Crippen LogP contribution in [-0.4, -0.2) is 46.4 Å². The SMILES string of the molecule is Cc1cc(C)c2c(N[C@H]3CCOC4(CCOCC4)C3)ncnc2n1. The van der Waals surface area contributed by atoms with Gasteiger partial charge < -0.3 is 14.8 Å². The van der Waals surface area contributed by atoms with Crippen LogP contribution in [0.2, 0.25) is 0 Å². The molecule has 6 nitrogen and oxygen atoms in total. The van der Waals surface area contributed by atoms with Crippen molar-refractivity contribution in [2.75, 3.05) is 25.1 Å². The number of ether oxygens (including phenoxy) is 2. The van der Waals surface area contributed by atoms with Crippen LogP contribution in [0.1, 0.15) is 36.9 Å². The molecule has 2 aliphatic rings. The Kier molecular flexibility index (Phi) is 4.10. The molecule has 0 unspecified atom stereocenters. The second-order valence-electron chi connectivity index (χ2n) is 6.98. The van der Waals surface area contributed by atoms with Crippen molar-refractivity contribution in [3.8, 4) is 0 Å². The maximum atomic E-state index is 6.14. The van der Waals surface area contributed by atoms with Gasteiger partial charge in [0.15, 0.2) is 5.65 Å². The van der Waals surface area contributed by atoms with Gasteiger partial charge in [0, 0.05) is 31.6 Å². The van der Waals surface area contributed by atoms with Crippen LogP contribution in [0.25, 0.3) is 11.0 Å². The smallest absolute Gasteiger partial charge is 0.165 e. The standard InChI is InChI=1S/C18H24N4O2/c1-12-9-13(2)21-16-15(12)17(20-11-19-16)22-14-3-6-24-18(10-14)4-7-23-8-5-18/h9,11,14H,3-8,10H2,1-2H3,(H,19,20,21,22)/t14-/m0/s1. The zero-order valence-electron chi connectivity index (χ0n) is 14.3. The Bertz CT molecular complexity index is 738. The number of nitrogens with one attached hydrogen (secondary N) is 1. The zero-order valence-corrected chi connectivity index (χ0v) is 14.3. The first kappa shape index (κ1) is 15.7. The summed E-state index contributed by atoms with van der Waals surface area (Å²) in [5.41, 5.74) is 2.88. The molecule has 0 amide bonds. The molecule has 128 valence electrons. The van der Waals surface area contributed by atoms with E-state index >= 15 is 0 Å². The molecule has 4 heterocycles. The molecular formula is C18H24N4O2. The van der Waals surface area contributed by atoms with Crippen molar-refractivity contribution in [2.24, 2.45) is 0 Å². The second-order valence-corrected chi connectivity index (χ2v) is 6.98. The van der Waals surface area contributed by atoms with Gasteiger partial charge in [-0.2, -0.15) is 0 Å². The van der Waals surface area contributed by atoms with Crippen LogP contribution in [0.3, 0.4) is 0 Å². The zero-order chi connectivity index (χ0) is 16.6. The molecule has 1 N–H and O–H groups in total. The summed E-state index contributed by atoms with van der Waals surface area (Å²) in [6.07, 6.45) is 5.55. The monoisotopic (exact) mass is 328 g/mol. The Labute approximate surface area is 142 Å². The number of rotatable bonds is 2. The molecule has 2 saturated heterocycles. The van der Waals surface area contributed by atoms with Gasteiger partial charge in [0.05, 0.1) is 11.0 Å². The number of hydrogen-bond acceptors (Lipinski definition) is 6. The maximum absolute atomic E-state index is 6.14. The summed E-state index contributed by atoms with van der Waals surface area (Å²) in [4.78, 5) is 13.4. The molecule has 24 heavy (non-hydrogen) atoms. The van der Waals surface area contributed by atoms with E-state index in [4.69, 9.17) is 9.47 Å². The summed E-state index contributed by atoms with van der Waals surface area (Å²) in [6.45, 7) is 6.47. The molecule has 0 aromatic carbocycles. The Morgan fingerprint density at radius 1 is 1.17 bits per heavy atom. The molecule has 0 radical (unpaired) electrons.